The van der Waals surface area contributed by atoms with Crippen LogP contribution in [0.1, 0.15) is 45.4 Å². The highest BCUT2D eigenvalue weighted by Crippen LogP contribution is 2.16. The minimum atomic E-state index is -0.693. The molecule has 1 heterocycles. The van der Waals surface area contributed by atoms with Gasteiger partial charge in [0.05, 0.1) is 0 Å². The molecule has 3 heteroatoms. The Balaban J connectivity index is 2.29. The number of carboxylic acids is 1. The quantitative estimate of drug-likeness (QED) is 0.701. The Kier molecular flexibility index (Phi) is 4.22. The lowest BCUT2D eigenvalue weighted by Crippen LogP contribution is -2.46. The van der Waals surface area contributed by atoms with Crippen LogP contribution in [0.5, 0.6) is 0 Å². The number of hydrogen-bond donors (Lipinski definition) is 2. The second-order valence-corrected chi connectivity index (χ2v) is 3.83. The van der Waals surface area contributed by atoms with Crippen molar-refractivity contribution in [2.45, 2.75) is 57.5 Å². The molecule has 0 aromatic heterocycles. The van der Waals surface area contributed by atoms with Crippen molar-refractivity contribution in [2.75, 3.05) is 0 Å². The average molecular weight is 185 g/mol. The van der Waals surface area contributed by atoms with E-state index >= 15 is 0 Å². The Morgan fingerprint density at radius 3 is 2.92 bits per heavy atom. The van der Waals surface area contributed by atoms with Crippen LogP contribution in [0.2, 0.25) is 0 Å². The van der Waals surface area contributed by atoms with Gasteiger partial charge >= 0.3 is 5.97 Å². The van der Waals surface area contributed by atoms with Gasteiger partial charge in [0.2, 0.25) is 0 Å². The van der Waals surface area contributed by atoms with Gasteiger partial charge in [-0.1, -0.05) is 19.8 Å². The molecule has 1 saturated heterocycles. The first-order valence-corrected chi connectivity index (χ1v) is 5.23. The first-order valence-electron chi connectivity index (χ1n) is 5.23. The van der Waals surface area contributed by atoms with E-state index in [1.165, 1.54) is 12.8 Å². The van der Waals surface area contributed by atoms with E-state index in [1.54, 1.807) is 0 Å². The van der Waals surface area contributed by atoms with E-state index in [0.717, 1.165) is 25.7 Å². The summed E-state index contributed by atoms with van der Waals surface area (Å²) in [4.78, 5) is 10.7. The summed E-state index contributed by atoms with van der Waals surface area (Å²) >= 11 is 0. The first-order chi connectivity index (χ1) is 6.24. The molecule has 1 aliphatic rings. The van der Waals surface area contributed by atoms with Crippen LogP contribution < -0.4 is 5.32 Å². The number of rotatable bonds is 4. The fraction of sp³-hybridized carbons (Fsp3) is 0.900. The van der Waals surface area contributed by atoms with Crippen molar-refractivity contribution in [3.05, 3.63) is 0 Å². The normalized spacial score (nSPS) is 28.7. The predicted molar refractivity (Wildman–Crippen MR) is 51.7 cm³/mol. The van der Waals surface area contributed by atoms with Gasteiger partial charge < -0.3 is 10.4 Å². The molecule has 0 amide bonds. The van der Waals surface area contributed by atoms with Gasteiger partial charge in [0.15, 0.2) is 0 Å². The Hall–Kier alpha value is -0.570. The maximum absolute atomic E-state index is 10.7. The average Bonchev–Trinajstić information content (AvgIpc) is 2.15. The molecule has 0 bridgehead atoms. The number of aliphatic carboxylic acids is 1. The maximum Gasteiger partial charge on any atom is 0.320 e. The van der Waals surface area contributed by atoms with E-state index in [2.05, 4.69) is 12.2 Å². The van der Waals surface area contributed by atoms with Crippen molar-refractivity contribution >= 4 is 5.97 Å². The zero-order valence-corrected chi connectivity index (χ0v) is 8.25. The summed E-state index contributed by atoms with van der Waals surface area (Å²) in [7, 11) is 0. The first kappa shape index (κ1) is 10.5. The van der Waals surface area contributed by atoms with Gasteiger partial charge in [0.1, 0.15) is 6.04 Å². The number of carbonyl (C=O) groups is 1. The summed E-state index contributed by atoms with van der Waals surface area (Å²) in [6.07, 6.45) is 6.50. The number of carboxylic acid groups (broad SMARTS) is 1. The van der Waals surface area contributed by atoms with E-state index in [9.17, 15) is 4.79 Å². The van der Waals surface area contributed by atoms with Crippen molar-refractivity contribution in [1.82, 2.24) is 5.32 Å². The van der Waals surface area contributed by atoms with Crippen molar-refractivity contribution in [1.29, 1.82) is 0 Å². The molecule has 2 atom stereocenters. The van der Waals surface area contributed by atoms with Gasteiger partial charge in [-0.05, 0) is 25.7 Å². The number of piperidine rings is 1. The summed E-state index contributed by atoms with van der Waals surface area (Å²) in [6, 6.07) is 0.144. The molecule has 0 spiro atoms. The lowest BCUT2D eigenvalue weighted by atomic mass is 9.95. The third-order valence-electron chi connectivity index (χ3n) is 2.69. The van der Waals surface area contributed by atoms with Gasteiger partial charge in [0.25, 0.3) is 0 Å². The molecule has 3 nitrogen and oxygen atoms in total. The van der Waals surface area contributed by atoms with Crippen molar-refractivity contribution in [2.24, 2.45) is 0 Å². The summed E-state index contributed by atoms with van der Waals surface area (Å²) < 4.78 is 0. The minimum absolute atomic E-state index is 0.296. The fourth-order valence-electron chi connectivity index (χ4n) is 1.89. The monoisotopic (exact) mass is 185 g/mol. The molecular formula is C10H19NO2. The number of nitrogens with one attached hydrogen (secondary N) is 1. The Morgan fingerprint density at radius 2 is 2.31 bits per heavy atom. The van der Waals surface area contributed by atoms with Crippen LogP contribution in [0.4, 0.5) is 0 Å². The molecule has 0 aliphatic carbocycles. The van der Waals surface area contributed by atoms with Crippen molar-refractivity contribution < 1.29 is 9.90 Å². The zero-order valence-electron chi connectivity index (χ0n) is 8.25. The second kappa shape index (κ2) is 5.22. The smallest absolute Gasteiger partial charge is 0.320 e. The Labute approximate surface area is 79.5 Å². The molecule has 2 unspecified atom stereocenters. The lowest BCUT2D eigenvalue weighted by Gasteiger charge is -2.28. The zero-order chi connectivity index (χ0) is 9.68. The van der Waals surface area contributed by atoms with Crippen molar-refractivity contribution in [3.8, 4) is 0 Å². The summed E-state index contributed by atoms with van der Waals surface area (Å²) in [5.74, 6) is -0.693. The van der Waals surface area contributed by atoms with E-state index in [4.69, 9.17) is 5.11 Å². The highest BCUT2D eigenvalue weighted by atomic mass is 16.4. The molecule has 0 aromatic carbocycles. The van der Waals surface area contributed by atoms with E-state index < -0.39 is 5.97 Å². The van der Waals surface area contributed by atoms with Gasteiger partial charge in [-0.3, -0.25) is 4.79 Å². The van der Waals surface area contributed by atoms with Crippen LogP contribution in [-0.4, -0.2) is 23.2 Å². The van der Waals surface area contributed by atoms with Crippen LogP contribution in [0.15, 0.2) is 0 Å². The van der Waals surface area contributed by atoms with Crippen LogP contribution in [0.3, 0.4) is 0 Å². The molecule has 2 N–H and O–H groups in total. The van der Waals surface area contributed by atoms with Gasteiger partial charge in [0, 0.05) is 6.04 Å². The van der Waals surface area contributed by atoms with Crippen LogP contribution in [0, 0.1) is 0 Å². The summed E-state index contributed by atoms with van der Waals surface area (Å²) in [6.45, 7) is 2.16. The lowest BCUT2D eigenvalue weighted by molar-refractivity contribution is -0.140. The third kappa shape index (κ3) is 3.35. The SMILES string of the molecule is CCCCC1CCCC(C(=O)O)N1. The molecule has 0 aromatic rings. The highest BCUT2D eigenvalue weighted by Gasteiger charge is 2.25. The number of unbranched alkanes of at least 4 members (excludes halogenated alkanes) is 1. The molecule has 1 rings (SSSR count). The maximum atomic E-state index is 10.7. The van der Waals surface area contributed by atoms with Crippen LogP contribution in [-0.2, 0) is 4.79 Å². The molecule has 1 aliphatic heterocycles. The molecule has 0 radical (unpaired) electrons. The van der Waals surface area contributed by atoms with E-state index in [0.29, 0.717) is 6.04 Å². The Morgan fingerprint density at radius 1 is 1.54 bits per heavy atom. The van der Waals surface area contributed by atoms with E-state index in [-0.39, 0.29) is 6.04 Å². The highest BCUT2D eigenvalue weighted by molar-refractivity contribution is 5.73. The topological polar surface area (TPSA) is 49.3 Å². The van der Waals surface area contributed by atoms with Gasteiger partial charge in [-0.15, -0.1) is 0 Å². The number of hydrogen-bond acceptors (Lipinski definition) is 2. The predicted octanol–water partition coefficient (Wildman–Crippen LogP) is 1.77. The molecule has 0 saturated carbocycles. The third-order valence-corrected chi connectivity index (χ3v) is 2.69. The van der Waals surface area contributed by atoms with Crippen LogP contribution >= 0.6 is 0 Å². The van der Waals surface area contributed by atoms with Gasteiger partial charge in [-0.25, -0.2) is 0 Å². The second-order valence-electron chi connectivity index (χ2n) is 3.83. The van der Waals surface area contributed by atoms with Gasteiger partial charge in [-0.2, -0.15) is 0 Å². The van der Waals surface area contributed by atoms with Crippen LogP contribution in [0.25, 0.3) is 0 Å². The standard InChI is InChI=1S/C10H19NO2/c1-2-3-5-8-6-4-7-9(11-8)10(12)13/h8-9,11H,2-7H2,1H3,(H,12,13). The summed E-state index contributed by atoms with van der Waals surface area (Å²) in [5, 5.41) is 12.0. The largest absolute Gasteiger partial charge is 0.480 e. The molecule has 1 fully saturated rings. The Bertz CT molecular complexity index is 170. The molecule has 13 heavy (non-hydrogen) atoms. The molecule has 76 valence electrons. The molecular weight excluding hydrogens is 166 g/mol. The fourth-order valence-corrected chi connectivity index (χ4v) is 1.89. The summed E-state index contributed by atoms with van der Waals surface area (Å²) in [5.41, 5.74) is 0. The minimum Gasteiger partial charge on any atom is -0.480 e. The van der Waals surface area contributed by atoms with E-state index in [1.807, 2.05) is 0 Å². The van der Waals surface area contributed by atoms with Crippen molar-refractivity contribution in [3.63, 3.8) is 0 Å².